The summed E-state index contributed by atoms with van der Waals surface area (Å²) in [5.74, 6) is -0.252. The Morgan fingerprint density at radius 3 is 2.85 bits per heavy atom. The van der Waals surface area contributed by atoms with E-state index in [0.29, 0.717) is 22.0 Å². The van der Waals surface area contributed by atoms with Crippen LogP contribution in [0.25, 0.3) is 22.9 Å². The maximum absolute atomic E-state index is 13.1. The van der Waals surface area contributed by atoms with Crippen LogP contribution in [0.5, 0.6) is 0 Å². The molecule has 3 N–H and O–H groups in total. The number of carbonyl (C=O) groups is 2. The van der Waals surface area contributed by atoms with Crippen LogP contribution in [0.15, 0.2) is 67.1 Å². The third-order valence-corrected chi connectivity index (χ3v) is 6.94. The molecular weight excluding hydrogens is 544 g/mol. The molecule has 2 aromatic carbocycles. The number of pyridine rings is 1. The quantitative estimate of drug-likeness (QED) is 0.270. The summed E-state index contributed by atoms with van der Waals surface area (Å²) in [7, 11) is 1.33. The van der Waals surface area contributed by atoms with E-state index in [9.17, 15) is 9.59 Å². The molecule has 2 amide bonds. The number of fused-ring (bicyclic) bond motifs is 4. The molecule has 11 nitrogen and oxygen atoms in total. The molecule has 1 aliphatic heterocycles. The lowest BCUT2D eigenvalue weighted by molar-refractivity contribution is -0.117. The van der Waals surface area contributed by atoms with Crippen LogP contribution in [0.1, 0.15) is 43.0 Å². The Morgan fingerprint density at radius 2 is 2.02 bits per heavy atom. The van der Waals surface area contributed by atoms with E-state index in [-0.39, 0.29) is 11.9 Å². The topological polar surface area (TPSA) is 136 Å². The van der Waals surface area contributed by atoms with Gasteiger partial charge in [0.1, 0.15) is 6.33 Å². The van der Waals surface area contributed by atoms with E-state index >= 15 is 0 Å². The van der Waals surface area contributed by atoms with Crippen molar-refractivity contribution in [2.45, 2.75) is 31.7 Å². The van der Waals surface area contributed by atoms with Crippen LogP contribution in [-0.4, -0.2) is 50.8 Å². The number of anilines is 2. The Morgan fingerprint density at radius 1 is 1.12 bits per heavy atom. The highest BCUT2D eigenvalue weighted by Crippen LogP contribution is 2.33. The van der Waals surface area contributed by atoms with Crippen molar-refractivity contribution in [2.24, 2.45) is 0 Å². The fourth-order valence-electron chi connectivity index (χ4n) is 4.69. The molecular formula is C29H29ClN8O3. The van der Waals surface area contributed by atoms with E-state index in [1.807, 2.05) is 30.3 Å². The Balaban J connectivity index is 1.39. The Bertz CT molecular complexity index is 1560. The summed E-state index contributed by atoms with van der Waals surface area (Å²) in [6.45, 7) is 0.773. The van der Waals surface area contributed by atoms with Gasteiger partial charge in [0.05, 0.1) is 24.5 Å². The molecule has 2 aromatic heterocycles. The summed E-state index contributed by atoms with van der Waals surface area (Å²) in [5, 5.41) is 21.2. The fraction of sp³-hybridized carbons (Fsp3) is 0.241. The van der Waals surface area contributed by atoms with Crippen molar-refractivity contribution in [3.05, 3.63) is 83.4 Å². The first-order valence-corrected chi connectivity index (χ1v) is 13.6. The third kappa shape index (κ3) is 7.06. The number of rotatable bonds is 5. The largest absolute Gasteiger partial charge is 0.453 e. The molecule has 0 saturated carbocycles. The van der Waals surface area contributed by atoms with Crippen LogP contribution in [0.3, 0.4) is 0 Å². The first kappa shape index (κ1) is 27.8. The minimum atomic E-state index is -0.529. The predicted octanol–water partition coefficient (Wildman–Crippen LogP) is 5.41. The van der Waals surface area contributed by atoms with Gasteiger partial charge >= 0.3 is 6.09 Å². The van der Waals surface area contributed by atoms with Crippen LogP contribution < -0.4 is 16.0 Å². The first-order chi connectivity index (χ1) is 20.0. The molecule has 4 aromatic rings. The minimum absolute atomic E-state index is 0.252. The van der Waals surface area contributed by atoms with E-state index in [1.54, 1.807) is 30.5 Å². The summed E-state index contributed by atoms with van der Waals surface area (Å²) >= 11 is 6.22. The fourth-order valence-corrected chi connectivity index (χ4v) is 4.87. The number of hydrogen-bond donors (Lipinski definition) is 3. The van der Waals surface area contributed by atoms with Gasteiger partial charge in [-0.05, 0) is 77.4 Å². The number of amides is 2. The standard InChI is InChI=1S/C29H29ClN8O3/c1-41-29(40)34-22-8-9-23-19-12-14-32-26(16-19)24(5-3-2-4-13-31-25(23)17-22)35-28(39)11-6-20-15-21(30)7-10-27(20)38-18-33-36-37-38/h6-12,14-18,24,31H,2-5,13H2,1H3,(H,34,40)(H,35,39). The van der Waals surface area contributed by atoms with Gasteiger partial charge in [-0.15, -0.1) is 5.10 Å². The number of benzene rings is 2. The molecule has 41 heavy (non-hydrogen) atoms. The summed E-state index contributed by atoms with van der Waals surface area (Å²) in [6, 6.07) is 14.6. The highest BCUT2D eigenvalue weighted by molar-refractivity contribution is 6.30. The normalized spacial score (nSPS) is 15.1. The average Bonchev–Trinajstić information content (AvgIpc) is 3.52. The van der Waals surface area contributed by atoms with Gasteiger partial charge in [-0.3, -0.25) is 15.1 Å². The number of ether oxygens (including phenoxy) is 1. The number of carbonyl (C=O) groups excluding carboxylic acids is 2. The van der Waals surface area contributed by atoms with Crippen LogP contribution >= 0.6 is 11.6 Å². The number of nitrogens with one attached hydrogen (secondary N) is 3. The molecule has 0 spiro atoms. The molecule has 0 radical (unpaired) electrons. The molecule has 5 rings (SSSR count). The lowest BCUT2D eigenvalue weighted by atomic mass is 9.98. The highest BCUT2D eigenvalue weighted by Gasteiger charge is 2.18. The second-order valence-corrected chi connectivity index (χ2v) is 9.91. The van der Waals surface area contributed by atoms with E-state index < -0.39 is 6.09 Å². The third-order valence-electron chi connectivity index (χ3n) is 6.70. The highest BCUT2D eigenvalue weighted by atomic mass is 35.5. The zero-order valence-electron chi connectivity index (χ0n) is 22.4. The molecule has 1 aliphatic rings. The van der Waals surface area contributed by atoms with Crippen molar-refractivity contribution < 1.29 is 14.3 Å². The maximum Gasteiger partial charge on any atom is 0.411 e. The van der Waals surface area contributed by atoms with Crippen LogP contribution in [-0.2, 0) is 9.53 Å². The van der Waals surface area contributed by atoms with Gasteiger partial charge in [-0.2, -0.15) is 4.68 Å². The predicted molar refractivity (Wildman–Crippen MR) is 157 cm³/mol. The summed E-state index contributed by atoms with van der Waals surface area (Å²) in [5.41, 5.74) is 5.59. The number of hydrogen-bond acceptors (Lipinski definition) is 8. The van der Waals surface area contributed by atoms with Crippen molar-refractivity contribution in [2.75, 3.05) is 24.3 Å². The van der Waals surface area contributed by atoms with E-state index in [2.05, 4.69) is 36.5 Å². The van der Waals surface area contributed by atoms with Crippen molar-refractivity contribution >= 4 is 41.1 Å². The van der Waals surface area contributed by atoms with Gasteiger partial charge < -0.3 is 15.4 Å². The van der Waals surface area contributed by atoms with Gasteiger partial charge in [-0.1, -0.05) is 30.5 Å². The van der Waals surface area contributed by atoms with Crippen molar-refractivity contribution in [1.29, 1.82) is 0 Å². The molecule has 1 unspecified atom stereocenters. The Labute approximate surface area is 242 Å². The summed E-state index contributed by atoms with van der Waals surface area (Å²) < 4.78 is 6.24. The van der Waals surface area contributed by atoms with Crippen molar-refractivity contribution in [1.82, 2.24) is 30.5 Å². The van der Waals surface area contributed by atoms with E-state index in [4.69, 9.17) is 16.3 Å². The molecule has 0 fully saturated rings. The van der Waals surface area contributed by atoms with Crippen LogP contribution in [0.4, 0.5) is 16.2 Å². The summed E-state index contributed by atoms with van der Waals surface area (Å²) in [6.07, 6.45) is 9.46. The lowest BCUT2D eigenvalue weighted by Gasteiger charge is -2.21. The van der Waals surface area contributed by atoms with Crippen LogP contribution in [0, 0.1) is 0 Å². The van der Waals surface area contributed by atoms with Gasteiger partial charge in [0.25, 0.3) is 0 Å². The van der Waals surface area contributed by atoms with Crippen molar-refractivity contribution in [3.63, 3.8) is 0 Å². The first-order valence-electron chi connectivity index (χ1n) is 13.2. The Kier molecular flexibility index (Phi) is 8.85. The van der Waals surface area contributed by atoms with Crippen molar-refractivity contribution in [3.8, 4) is 16.8 Å². The molecule has 0 aliphatic carbocycles. The van der Waals surface area contributed by atoms with Crippen LogP contribution in [0.2, 0.25) is 5.02 Å². The van der Waals surface area contributed by atoms with E-state index in [0.717, 1.165) is 54.7 Å². The van der Waals surface area contributed by atoms with Gasteiger partial charge in [0.15, 0.2) is 0 Å². The zero-order valence-corrected chi connectivity index (χ0v) is 23.1. The molecule has 210 valence electrons. The van der Waals surface area contributed by atoms with Gasteiger partial charge in [-0.25, -0.2) is 4.79 Å². The molecule has 1 atom stereocenters. The zero-order chi connectivity index (χ0) is 28.6. The minimum Gasteiger partial charge on any atom is -0.453 e. The molecule has 0 saturated heterocycles. The van der Waals surface area contributed by atoms with Gasteiger partial charge in [0, 0.05) is 46.3 Å². The number of nitrogens with zero attached hydrogens (tertiary/aromatic N) is 5. The monoisotopic (exact) mass is 572 g/mol. The number of aromatic nitrogens is 5. The lowest BCUT2D eigenvalue weighted by Crippen LogP contribution is -2.27. The second-order valence-electron chi connectivity index (χ2n) is 9.47. The molecule has 3 heterocycles. The Hall–Kier alpha value is -4.77. The number of halogens is 1. The summed E-state index contributed by atoms with van der Waals surface area (Å²) in [4.78, 5) is 29.5. The average molecular weight is 573 g/mol. The smallest absolute Gasteiger partial charge is 0.411 e. The van der Waals surface area contributed by atoms with Gasteiger partial charge in [0.2, 0.25) is 5.91 Å². The molecule has 12 heteroatoms. The molecule has 2 bridgehead atoms. The van der Waals surface area contributed by atoms with E-state index in [1.165, 1.54) is 24.2 Å². The number of methoxy groups -OCH3 is 1. The second kappa shape index (κ2) is 13.1. The SMILES string of the molecule is COC(=O)Nc1ccc2c(c1)NCCCCCC(NC(=O)C=Cc1cc(Cl)ccc1-n1cnnn1)c1cc-2ccn1. The maximum atomic E-state index is 13.1. The number of tetrazole rings is 1.